The standard InChI is InChI=1S/C15H28N2O4/c1-2-12(5-8-16)3-4-14(18)17-9-6-13(7-10-17)21-11-15(19)20/h12-13H,2-11,16H2,1H3,(H,19,20). The van der Waals surface area contributed by atoms with Crippen LogP contribution in [0.4, 0.5) is 0 Å². The maximum atomic E-state index is 12.2. The molecule has 3 N–H and O–H groups in total. The van der Waals surface area contributed by atoms with Gasteiger partial charge in [0, 0.05) is 19.5 Å². The number of carbonyl (C=O) groups is 2. The summed E-state index contributed by atoms with van der Waals surface area (Å²) < 4.78 is 5.27. The zero-order valence-electron chi connectivity index (χ0n) is 12.9. The molecule has 0 aromatic rings. The van der Waals surface area contributed by atoms with Gasteiger partial charge in [0.05, 0.1) is 6.10 Å². The summed E-state index contributed by atoms with van der Waals surface area (Å²) in [4.78, 5) is 24.5. The third-order valence-corrected chi connectivity index (χ3v) is 4.16. The zero-order chi connectivity index (χ0) is 15.7. The summed E-state index contributed by atoms with van der Waals surface area (Å²) in [5.41, 5.74) is 5.57. The molecule has 1 unspecified atom stereocenters. The largest absolute Gasteiger partial charge is 0.480 e. The van der Waals surface area contributed by atoms with Crippen molar-refractivity contribution < 1.29 is 19.4 Å². The number of ether oxygens (including phenoxy) is 1. The first-order valence-corrected chi connectivity index (χ1v) is 7.88. The minimum atomic E-state index is -0.945. The number of nitrogens with two attached hydrogens (primary N) is 1. The number of aliphatic carboxylic acids is 1. The quantitative estimate of drug-likeness (QED) is 0.668. The highest BCUT2D eigenvalue weighted by Crippen LogP contribution is 2.18. The second-order valence-electron chi connectivity index (χ2n) is 5.68. The van der Waals surface area contributed by atoms with Gasteiger partial charge in [-0.3, -0.25) is 4.79 Å². The van der Waals surface area contributed by atoms with Gasteiger partial charge in [-0.2, -0.15) is 0 Å². The third-order valence-electron chi connectivity index (χ3n) is 4.16. The van der Waals surface area contributed by atoms with Gasteiger partial charge in [-0.25, -0.2) is 4.79 Å². The molecule has 0 spiro atoms. The van der Waals surface area contributed by atoms with Gasteiger partial charge in [0.15, 0.2) is 0 Å². The minimum absolute atomic E-state index is 0.0363. The van der Waals surface area contributed by atoms with E-state index in [4.69, 9.17) is 15.6 Å². The molecule has 1 rings (SSSR count). The van der Waals surface area contributed by atoms with Crippen LogP contribution in [0.25, 0.3) is 0 Å². The van der Waals surface area contributed by atoms with E-state index in [9.17, 15) is 9.59 Å². The number of hydrogen-bond donors (Lipinski definition) is 2. The van der Waals surface area contributed by atoms with E-state index in [-0.39, 0.29) is 18.6 Å². The lowest BCUT2D eigenvalue weighted by atomic mass is 9.96. The SMILES string of the molecule is CCC(CCN)CCC(=O)N1CCC(OCC(=O)O)CC1. The van der Waals surface area contributed by atoms with Gasteiger partial charge in [0.25, 0.3) is 0 Å². The number of likely N-dealkylation sites (tertiary alicyclic amines) is 1. The van der Waals surface area contributed by atoms with Gasteiger partial charge in [-0.1, -0.05) is 13.3 Å². The lowest BCUT2D eigenvalue weighted by Gasteiger charge is -2.32. The van der Waals surface area contributed by atoms with Crippen molar-refractivity contribution in [2.75, 3.05) is 26.2 Å². The summed E-state index contributed by atoms with van der Waals surface area (Å²) in [7, 11) is 0. The minimum Gasteiger partial charge on any atom is -0.480 e. The van der Waals surface area contributed by atoms with E-state index in [1.807, 2.05) is 4.90 Å². The number of carboxylic acids is 1. The highest BCUT2D eigenvalue weighted by atomic mass is 16.5. The fraction of sp³-hybridized carbons (Fsp3) is 0.867. The Labute approximate surface area is 126 Å². The third kappa shape index (κ3) is 6.91. The molecule has 0 saturated carbocycles. The van der Waals surface area contributed by atoms with Gasteiger partial charge >= 0.3 is 5.97 Å². The normalized spacial score (nSPS) is 17.7. The molecule has 1 amide bonds. The van der Waals surface area contributed by atoms with Gasteiger partial charge in [-0.05, 0) is 38.1 Å². The Balaban J connectivity index is 2.23. The van der Waals surface area contributed by atoms with Crippen molar-refractivity contribution in [3.05, 3.63) is 0 Å². The average molecular weight is 300 g/mol. The molecule has 0 aromatic heterocycles. The Morgan fingerprint density at radius 3 is 2.52 bits per heavy atom. The molecule has 1 aliphatic heterocycles. The molecule has 122 valence electrons. The van der Waals surface area contributed by atoms with Crippen molar-refractivity contribution in [2.24, 2.45) is 11.7 Å². The highest BCUT2D eigenvalue weighted by molar-refractivity contribution is 5.76. The summed E-state index contributed by atoms with van der Waals surface area (Å²) in [5, 5.41) is 8.57. The van der Waals surface area contributed by atoms with Crippen LogP contribution in [0.3, 0.4) is 0 Å². The smallest absolute Gasteiger partial charge is 0.329 e. The molecule has 1 atom stereocenters. The topological polar surface area (TPSA) is 92.9 Å². The number of nitrogens with zero attached hydrogens (tertiary/aromatic N) is 1. The number of carboxylic acid groups (broad SMARTS) is 1. The molecule has 0 aromatic carbocycles. The van der Waals surface area contributed by atoms with Gasteiger partial charge in [0.2, 0.25) is 5.91 Å². The summed E-state index contributed by atoms with van der Waals surface area (Å²) in [6, 6.07) is 0. The number of carbonyl (C=O) groups excluding carboxylic acids is 1. The van der Waals surface area contributed by atoms with Crippen LogP contribution in [0.1, 0.15) is 45.4 Å². The first-order valence-electron chi connectivity index (χ1n) is 7.88. The van der Waals surface area contributed by atoms with Crippen LogP contribution in [-0.2, 0) is 14.3 Å². The van der Waals surface area contributed by atoms with Crippen LogP contribution in [-0.4, -0.2) is 54.2 Å². The average Bonchev–Trinajstić information content (AvgIpc) is 2.49. The highest BCUT2D eigenvalue weighted by Gasteiger charge is 2.23. The Kier molecular flexibility index (Phi) is 8.30. The predicted molar refractivity (Wildman–Crippen MR) is 79.9 cm³/mol. The molecule has 1 heterocycles. The number of piperidine rings is 1. The zero-order valence-corrected chi connectivity index (χ0v) is 12.9. The summed E-state index contributed by atoms with van der Waals surface area (Å²) in [5.74, 6) is -0.212. The molecule has 0 radical (unpaired) electrons. The van der Waals surface area contributed by atoms with Crippen LogP contribution in [0, 0.1) is 5.92 Å². The van der Waals surface area contributed by atoms with Crippen LogP contribution in [0.2, 0.25) is 0 Å². The predicted octanol–water partition coefficient (Wildman–Crippen LogP) is 1.23. The molecule has 1 saturated heterocycles. The van der Waals surface area contributed by atoms with Crippen LogP contribution >= 0.6 is 0 Å². The lowest BCUT2D eigenvalue weighted by molar-refractivity contribution is -0.146. The molecular weight excluding hydrogens is 272 g/mol. The van der Waals surface area contributed by atoms with Crippen molar-refractivity contribution in [1.29, 1.82) is 0 Å². The number of amides is 1. The second-order valence-corrected chi connectivity index (χ2v) is 5.68. The van der Waals surface area contributed by atoms with Gasteiger partial charge in [-0.15, -0.1) is 0 Å². The van der Waals surface area contributed by atoms with Crippen molar-refractivity contribution in [2.45, 2.75) is 51.6 Å². The molecule has 0 aliphatic carbocycles. The summed E-state index contributed by atoms with van der Waals surface area (Å²) in [6.45, 7) is 3.89. The van der Waals surface area contributed by atoms with E-state index < -0.39 is 5.97 Å². The van der Waals surface area contributed by atoms with Crippen molar-refractivity contribution in [1.82, 2.24) is 4.90 Å². The van der Waals surface area contributed by atoms with Crippen molar-refractivity contribution >= 4 is 11.9 Å². The van der Waals surface area contributed by atoms with Crippen LogP contribution in [0.15, 0.2) is 0 Å². The van der Waals surface area contributed by atoms with E-state index in [1.165, 1.54) is 0 Å². The lowest BCUT2D eigenvalue weighted by Crippen LogP contribution is -2.41. The summed E-state index contributed by atoms with van der Waals surface area (Å²) in [6.07, 6.45) is 4.94. The molecule has 21 heavy (non-hydrogen) atoms. The number of rotatable bonds is 9. The molecular formula is C15H28N2O4. The molecule has 6 heteroatoms. The Morgan fingerprint density at radius 1 is 1.33 bits per heavy atom. The van der Waals surface area contributed by atoms with E-state index >= 15 is 0 Å². The van der Waals surface area contributed by atoms with E-state index in [0.717, 1.165) is 32.1 Å². The number of hydrogen-bond acceptors (Lipinski definition) is 4. The Morgan fingerprint density at radius 2 is 2.00 bits per heavy atom. The molecule has 1 fully saturated rings. The Hall–Kier alpha value is -1.14. The van der Waals surface area contributed by atoms with E-state index in [2.05, 4.69) is 6.92 Å². The van der Waals surface area contributed by atoms with Crippen molar-refractivity contribution in [3.8, 4) is 0 Å². The van der Waals surface area contributed by atoms with E-state index in [1.54, 1.807) is 0 Å². The van der Waals surface area contributed by atoms with E-state index in [0.29, 0.717) is 32.0 Å². The fourth-order valence-corrected chi connectivity index (χ4v) is 2.74. The second kappa shape index (κ2) is 9.73. The monoisotopic (exact) mass is 300 g/mol. The maximum Gasteiger partial charge on any atom is 0.329 e. The molecule has 1 aliphatic rings. The Bertz CT molecular complexity index is 328. The first-order chi connectivity index (χ1) is 10.1. The fourth-order valence-electron chi connectivity index (χ4n) is 2.74. The van der Waals surface area contributed by atoms with Gasteiger partial charge in [0.1, 0.15) is 6.61 Å². The summed E-state index contributed by atoms with van der Waals surface area (Å²) >= 11 is 0. The molecule has 0 bridgehead atoms. The van der Waals surface area contributed by atoms with Crippen LogP contribution in [0.5, 0.6) is 0 Å². The van der Waals surface area contributed by atoms with Gasteiger partial charge < -0.3 is 20.5 Å². The van der Waals surface area contributed by atoms with Crippen LogP contribution < -0.4 is 5.73 Å². The first kappa shape index (κ1) is 17.9. The van der Waals surface area contributed by atoms with Crippen molar-refractivity contribution in [3.63, 3.8) is 0 Å². The maximum absolute atomic E-state index is 12.2. The molecule has 6 nitrogen and oxygen atoms in total.